The first-order valence-electron chi connectivity index (χ1n) is 10.4. The van der Waals surface area contributed by atoms with Crippen LogP contribution < -0.4 is 14.2 Å². The van der Waals surface area contributed by atoms with Crippen molar-refractivity contribution in [1.82, 2.24) is 0 Å². The molecule has 4 rings (SSSR count). The number of halogens is 1. The van der Waals surface area contributed by atoms with Crippen LogP contribution in [0, 0.1) is 0 Å². The van der Waals surface area contributed by atoms with E-state index in [1.165, 1.54) is 0 Å². The summed E-state index contributed by atoms with van der Waals surface area (Å²) in [5.74, 6) is 0.182. The summed E-state index contributed by atoms with van der Waals surface area (Å²) >= 11 is 6.09. The van der Waals surface area contributed by atoms with Crippen molar-refractivity contribution >= 4 is 35.5 Å². The Morgan fingerprint density at radius 3 is 2.65 bits per heavy atom. The summed E-state index contributed by atoms with van der Waals surface area (Å²) in [6, 6.07) is 18.6. The molecule has 0 unspecified atom stereocenters. The van der Waals surface area contributed by atoms with Crippen LogP contribution in [0.3, 0.4) is 0 Å². The SMILES string of the molecule is CCOc1cc(/C=C2/N=C(c3cccc(OC)c3)OC2=O)ccc1OC(=O)c1ccccc1Cl. The lowest BCUT2D eigenvalue weighted by Crippen LogP contribution is -2.10. The number of carbonyl (C=O) groups is 2. The van der Waals surface area contributed by atoms with Crippen molar-refractivity contribution in [1.29, 1.82) is 0 Å². The Bertz CT molecular complexity index is 1310. The lowest BCUT2D eigenvalue weighted by atomic mass is 10.1. The second-order valence-corrected chi connectivity index (χ2v) is 7.48. The van der Waals surface area contributed by atoms with E-state index in [-0.39, 0.29) is 27.9 Å². The summed E-state index contributed by atoms with van der Waals surface area (Å²) in [5, 5.41) is 0.288. The summed E-state index contributed by atoms with van der Waals surface area (Å²) in [6.07, 6.45) is 1.57. The molecule has 0 saturated carbocycles. The molecule has 0 aromatic heterocycles. The molecule has 0 radical (unpaired) electrons. The molecule has 3 aromatic carbocycles. The van der Waals surface area contributed by atoms with Gasteiger partial charge in [0.1, 0.15) is 5.75 Å². The molecule has 8 heteroatoms. The predicted molar refractivity (Wildman–Crippen MR) is 128 cm³/mol. The van der Waals surface area contributed by atoms with Crippen LogP contribution in [0.2, 0.25) is 5.02 Å². The van der Waals surface area contributed by atoms with Crippen LogP contribution in [-0.4, -0.2) is 31.6 Å². The maximum atomic E-state index is 12.6. The van der Waals surface area contributed by atoms with Crippen LogP contribution >= 0.6 is 11.6 Å². The van der Waals surface area contributed by atoms with Crippen molar-refractivity contribution in [2.45, 2.75) is 6.92 Å². The summed E-state index contributed by atoms with van der Waals surface area (Å²) in [4.78, 5) is 29.2. The molecule has 3 aromatic rings. The molecule has 0 fully saturated rings. The van der Waals surface area contributed by atoms with Gasteiger partial charge in [-0.1, -0.05) is 35.9 Å². The highest BCUT2D eigenvalue weighted by Gasteiger charge is 2.25. The van der Waals surface area contributed by atoms with Gasteiger partial charge in [0.25, 0.3) is 0 Å². The number of cyclic esters (lactones) is 1. The third-order valence-electron chi connectivity index (χ3n) is 4.80. The number of benzene rings is 3. The monoisotopic (exact) mass is 477 g/mol. The number of methoxy groups -OCH3 is 1. The smallest absolute Gasteiger partial charge is 0.363 e. The molecule has 1 aliphatic rings. The summed E-state index contributed by atoms with van der Waals surface area (Å²) in [6.45, 7) is 2.15. The van der Waals surface area contributed by atoms with Crippen LogP contribution in [0.5, 0.6) is 17.2 Å². The van der Waals surface area contributed by atoms with Crippen LogP contribution in [0.4, 0.5) is 0 Å². The first kappa shape index (κ1) is 23.1. The summed E-state index contributed by atoms with van der Waals surface area (Å²) in [5.41, 5.74) is 1.60. The molecular weight excluding hydrogens is 458 g/mol. The number of aliphatic imine (C=N–C) groups is 1. The number of esters is 2. The minimum absolute atomic E-state index is 0.126. The highest BCUT2D eigenvalue weighted by atomic mass is 35.5. The van der Waals surface area contributed by atoms with Crippen molar-refractivity contribution in [3.8, 4) is 17.2 Å². The number of ether oxygens (including phenoxy) is 4. The van der Waals surface area contributed by atoms with Crippen LogP contribution in [0.15, 0.2) is 77.4 Å². The second kappa shape index (κ2) is 10.2. The fourth-order valence-electron chi connectivity index (χ4n) is 3.20. The molecule has 1 heterocycles. The number of carbonyl (C=O) groups excluding carboxylic acids is 2. The van der Waals surface area contributed by atoms with E-state index in [0.29, 0.717) is 29.2 Å². The number of hydrogen-bond acceptors (Lipinski definition) is 7. The molecule has 172 valence electrons. The molecule has 0 N–H and O–H groups in total. The largest absolute Gasteiger partial charge is 0.497 e. The summed E-state index contributed by atoms with van der Waals surface area (Å²) in [7, 11) is 1.55. The quantitative estimate of drug-likeness (QED) is 0.260. The van der Waals surface area contributed by atoms with Crippen molar-refractivity contribution in [3.05, 3.63) is 94.1 Å². The van der Waals surface area contributed by atoms with Gasteiger partial charge in [-0.3, -0.25) is 0 Å². The van der Waals surface area contributed by atoms with Crippen LogP contribution in [0.25, 0.3) is 6.08 Å². The molecule has 0 bridgehead atoms. The average molecular weight is 478 g/mol. The zero-order chi connectivity index (χ0) is 24.1. The van der Waals surface area contributed by atoms with Gasteiger partial charge in [0.15, 0.2) is 17.2 Å². The Hall–Kier alpha value is -4.10. The standard InChI is InChI=1S/C26H20ClNO6/c1-3-32-23-14-16(11-12-22(23)33-25(29)19-9-4-5-10-20(19)27)13-21-26(30)34-24(28-21)17-7-6-8-18(15-17)31-2/h4-15H,3H2,1-2H3/b21-13+. The number of rotatable bonds is 7. The van der Waals surface area contributed by atoms with Crippen LogP contribution in [-0.2, 0) is 9.53 Å². The van der Waals surface area contributed by atoms with E-state index in [2.05, 4.69) is 4.99 Å². The van der Waals surface area contributed by atoms with Gasteiger partial charge in [0, 0.05) is 5.56 Å². The Morgan fingerprint density at radius 1 is 1.06 bits per heavy atom. The zero-order valence-corrected chi connectivity index (χ0v) is 19.2. The van der Waals surface area contributed by atoms with E-state index in [1.807, 2.05) is 6.92 Å². The average Bonchev–Trinajstić information content (AvgIpc) is 3.21. The first-order valence-corrected chi connectivity index (χ1v) is 10.8. The van der Waals surface area contributed by atoms with Gasteiger partial charge in [-0.2, -0.15) is 0 Å². The summed E-state index contributed by atoms with van der Waals surface area (Å²) < 4.78 is 21.7. The van der Waals surface area contributed by atoms with Gasteiger partial charge < -0.3 is 18.9 Å². The molecule has 0 amide bonds. The van der Waals surface area contributed by atoms with Gasteiger partial charge in [-0.15, -0.1) is 0 Å². The van der Waals surface area contributed by atoms with Gasteiger partial charge in [0.05, 0.1) is 24.3 Å². The fraction of sp³-hybridized carbons (Fsp3) is 0.115. The Labute approximate surface area is 201 Å². The maximum Gasteiger partial charge on any atom is 0.363 e. The van der Waals surface area contributed by atoms with E-state index < -0.39 is 11.9 Å². The Kier molecular flexibility index (Phi) is 6.94. The van der Waals surface area contributed by atoms with E-state index in [1.54, 1.807) is 79.9 Å². The maximum absolute atomic E-state index is 12.6. The zero-order valence-electron chi connectivity index (χ0n) is 18.4. The molecule has 34 heavy (non-hydrogen) atoms. The fourth-order valence-corrected chi connectivity index (χ4v) is 3.41. The van der Waals surface area contributed by atoms with Crippen molar-refractivity contribution in [3.63, 3.8) is 0 Å². The van der Waals surface area contributed by atoms with Crippen LogP contribution in [0.1, 0.15) is 28.4 Å². The molecule has 0 atom stereocenters. The molecule has 0 aliphatic carbocycles. The topological polar surface area (TPSA) is 83.4 Å². The van der Waals surface area contributed by atoms with Gasteiger partial charge in [-0.25, -0.2) is 14.6 Å². The Morgan fingerprint density at radius 2 is 1.88 bits per heavy atom. The normalized spacial score (nSPS) is 13.9. The Balaban J connectivity index is 1.60. The van der Waals surface area contributed by atoms with E-state index in [0.717, 1.165) is 0 Å². The highest BCUT2D eigenvalue weighted by molar-refractivity contribution is 6.33. The predicted octanol–water partition coefficient (Wildman–Crippen LogP) is 5.31. The number of nitrogens with zero attached hydrogens (tertiary/aromatic N) is 1. The second-order valence-electron chi connectivity index (χ2n) is 7.08. The lowest BCUT2D eigenvalue weighted by molar-refractivity contribution is -0.129. The van der Waals surface area contributed by atoms with E-state index in [4.69, 9.17) is 30.5 Å². The first-order chi connectivity index (χ1) is 16.5. The van der Waals surface area contributed by atoms with Gasteiger partial charge in [-0.05, 0) is 61.0 Å². The lowest BCUT2D eigenvalue weighted by Gasteiger charge is -2.12. The van der Waals surface area contributed by atoms with E-state index >= 15 is 0 Å². The van der Waals surface area contributed by atoms with Crippen molar-refractivity contribution in [2.24, 2.45) is 4.99 Å². The minimum Gasteiger partial charge on any atom is -0.497 e. The van der Waals surface area contributed by atoms with E-state index in [9.17, 15) is 9.59 Å². The van der Waals surface area contributed by atoms with Gasteiger partial charge >= 0.3 is 11.9 Å². The third kappa shape index (κ3) is 5.10. The third-order valence-corrected chi connectivity index (χ3v) is 5.13. The highest BCUT2D eigenvalue weighted by Crippen LogP contribution is 2.31. The van der Waals surface area contributed by atoms with Crippen molar-refractivity contribution < 1.29 is 28.5 Å². The molecule has 7 nitrogen and oxygen atoms in total. The van der Waals surface area contributed by atoms with Gasteiger partial charge in [0.2, 0.25) is 5.90 Å². The van der Waals surface area contributed by atoms with Crippen molar-refractivity contribution in [2.75, 3.05) is 13.7 Å². The molecular formula is C26H20ClNO6. The molecule has 1 aliphatic heterocycles. The molecule has 0 saturated heterocycles. The molecule has 0 spiro atoms. The minimum atomic E-state index is -0.607. The number of hydrogen-bond donors (Lipinski definition) is 0.